The van der Waals surface area contributed by atoms with Gasteiger partial charge in [0, 0.05) is 48.5 Å². The third-order valence-electron chi connectivity index (χ3n) is 3.95. The number of rotatable bonds is 6. The Hall–Kier alpha value is -3.15. The number of aromatic nitrogens is 2. The number of carbonyl (C=O) groups excluding carboxylic acids is 2. The van der Waals surface area contributed by atoms with Crippen molar-refractivity contribution in [1.29, 1.82) is 0 Å². The monoisotopic (exact) mass is 336 g/mol. The fraction of sp³-hybridized carbons (Fsp3) is 0.211. The Morgan fingerprint density at radius 1 is 0.920 bits per heavy atom. The Bertz CT molecular complexity index is 858. The molecule has 0 aliphatic carbocycles. The van der Waals surface area contributed by atoms with Crippen LogP contribution in [-0.4, -0.2) is 34.9 Å². The highest BCUT2D eigenvalue weighted by molar-refractivity contribution is 6.35. The zero-order valence-corrected chi connectivity index (χ0v) is 13.8. The summed E-state index contributed by atoms with van der Waals surface area (Å²) < 4.78 is 0. The second kappa shape index (κ2) is 8.10. The van der Waals surface area contributed by atoms with Crippen molar-refractivity contribution < 1.29 is 9.59 Å². The van der Waals surface area contributed by atoms with E-state index in [0.717, 1.165) is 22.2 Å². The number of aromatic amines is 1. The molecule has 6 nitrogen and oxygen atoms in total. The molecule has 0 atom stereocenters. The van der Waals surface area contributed by atoms with Gasteiger partial charge < -0.3 is 15.6 Å². The minimum Gasteiger partial charge on any atom is -0.361 e. The standard InChI is InChI=1S/C19H20N4O2/c24-18(19(25)22-12-9-15-5-3-4-10-20-15)21-11-8-14-13-23-17-7-2-1-6-16(14)17/h1-7,10,13,23H,8-9,11-12H2,(H,21,24)(H,22,25). The summed E-state index contributed by atoms with van der Waals surface area (Å²) in [6.45, 7) is 0.792. The van der Waals surface area contributed by atoms with Gasteiger partial charge in [0.1, 0.15) is 0 Å². The van der Waals surface area contributed by atoms with Crippen molar-refractivity contribution in [3.8, 4) is 0 Å². The maximum Gasteiger partial charge on any atom is 0.309 e. The van der Waals surface area contributed by atoms with Gasteiger partial charge in [-0.1, -0.05) is 24.3 Å². The molecule has 0 aliphatic rings. The Balaban J connectivity index is 1.40. The molecule has 0 saturated heterocycles. The lowest BCUT2D eigenvalue weighted by molar-refractivity contribution is -0.139. The van der Waals surface area contributed by atoms with Crippen LogP contribution in [-0.2, 0) is 22.4 Å². The van der Waals surface area contributed by atoms with Crippen molar-refractivity contribution in [2.24, 2.45) is 0 Å². The van der Waals surface area contributed by atoms with Gasteiger partial charge in [-0.15, -0.1) is 0 Å². The van der Waals surface area contributed by atoms with Gasteiger partial charge in [0.25, 0.3) is 0 Å². The molecular weight excluding hydrogens is 316 g/mol. The van der Waals surface area contributed by atoms with Gasteiger partial charge in [0.05, 0.1) is 0 Å². The molecule has 0 aliphatic heterocycles. The van der Waals surface area contributed by atoms with E-state index >= 15 is 0 Å². The number of benzene rings is 1. The number of pyridine rings is 1. The molecule has 0 unspecified atom stereocenters. The summed E-state index contributed by atoms with van der Waals surface area (Å²) in [4.78, 5) is 31.0. The highest BCUT2D eigenvalue weighted by atomic mass is 16.2. The Labute approximate surface area is 145 Å². The van der Waals surface area contributed by atoms with E-state index in [1.807, 2.05) is 48.7 Å². The number of nitrogens with one attached hydrogen (secondary N) is 3. The molecule has 2 heterocycles. The van der Waals surface area contributed by atoms with Crippen LogP contribution in [0.5, 0.6) is 0 Å². The molecule has 0 saturated carbocycles. The third kappa shape index (κ3) is 4.44. The highest BCUT2D eigenvalue weighted by Crippen LogP contribution is 2.17. The average Bonchev–Trinajstić information content (AvgIpc) is 3.06. The number of amides is 2. The molecule has 2 aromatic heterocycles. The maximum atomic E-state index is 11.8. The fourth-order valence-corrected chi connectivity index (χ4v) is 2.66. The lowest BCUT2D eigenvalue weighted by Gasteiger charge is -2.06. The molecule has 6 heteroatoms. The minimum absolute atomic E-state index is 0.381. The summed E-state index contributed by atoms with van der Waals surface area (Å²) in [5.41, 5.74) is 3.06. The van der Waals surface area contributed by atoms with Crippen molar-refractivity contribution in [2.45, 2.75) is 12.8 Å². The smallest absolute Gasteiger partial charge is 0.309 e. The van der Waals surface area contributed by atoms with Crippen molar-refractivity contribution in [2.75, 3.05) is 13.1 Å². The first-order valence-electron chi connectivity index (χ1n) is 8.25. The summed E-state index contributed by atoms with van der Waals surface area (Å²) in [5.74, 6) is -1.23. The topological polar surface area (TPSA) is 86.9 Å². The van der Waals surface area contributed by atoms with Gasteiger partial charge in [-0.05, 0) is 30.2 Å². The first-order valence-corrected chi connectivity index (χ1v) is 8.25. The van der Waals surface area contributed by atoms with Gasteiger partial charge in [0.15, 0.2) is 0 Å². The van der Waals surface area contributed by atoms with Crippen LogP contribution in [0.1, 0.15) is 11.3 Å². The van der Waals surface area contributed by atoms with Crippen molar-refractivity contribution in [3.63, 3.8) is 0 Å². The number of hydrogen-bond acceptors (Lipinski definition) is 3. The van der Waals surface area contributed by atoms with Crippen LogP contribution in [0.25, 0.3) is 10.9 Å². The number of H-pyrrole nitrogens is 1. The van der Waals surface area contributed by atoms with E-state index in [1.54, 1.807) is 6.20 Å². The Morgan fingerprint density at radius 3 is 2.40 bits per heavy atom. The largest absolute Gasteiger partial charge is 0.361 e. The van der Waals surface area contributed by atoms with Crippen molar-refractivity contribution in [1.82, 2.24) is 20.6 Å². The van der Waals surface area contributed by atoms with Crippen LogP contribution in [0.2, 0.25) is 0 Å². The first-order chi connectivity index (χ1) is 12.2. The van der Waals surface area contributed by atoms with E-state index in [1.165, 1.54) is 0 Å². The average molecular weight is 336 g/mol. The van der Waals surface area contributed by atoms with Crippen LogP contribution in [0.15, 0.2) is 54.9 Å². The molecule has 2 amide bonds. The zero-order chi connectivity index (χ0) is 17.5. The SMILES string of the molecule is O=C(NCCc1ccccn1)C(=O)NCCc1c[nH]c2ccccc12. The quantitative estimate of drug-likeness (QED) is 0.597. The molecule has 25 heavy (non-hydrogen) atoms. The summed E-state index contributed by atoms with van der Waals surface area (Å²) in [6.07, 6.45) is 4.89. The number of fused-ring (bicyclic) bond motifs is 1. The normalized spacial score (nSPS) is 10.6. The molecule has 3 aromatic rings. The summed E-state index contributed by atoms with van der Waals surface area (Å²) in [6, 6.07) is 13.6. The van der Waals surface area contributed by atoms with Gasteiger partial charge in [-0.2, -0.15) is 0 Å². The van der Waals surface area contributed by atoms with Gasteiger partial charge in [-0.25, -0.2) is 0 Å². The molecule has 128 valence electrons. The molecule has 0 spiro atoms. The molecular formula is C19H20N4O2. The van der Waals surface area contributed by atoms with E-state index in [0.29, 0.717) is 25.9 Å². The van der Waals surface area contributed by atoms with Gasteiger partial charge in [0.2, 0.25) is 0 Å². The minimum atomic E-state index is -0.616. The molecule has 0 fully saturated rings. The number of nitrogens with zero attached hydrogens (tertiary/aromatic N) is 1. The molecule has 3 rings (SSSR count). The second-order valence-electron chi connectivity index (χ2n) is 5.69. The summed E-state index contributed by atoms with van der Waals surface area (Å²) >= 11 is 0. The van der Waals surface area contributed by atoms with E-state index < -0.39 is 11.8 Å². The number of hydrogen-bond donors (Lipinski definition) is 3. The van der Waals surface area contributed by atoms with Crippen molar-refractivity contribution in [3.05, 3.63) is 66.1 Å². The Morgan fingerprint density at radius 2 is 1.64 bits per heavy atom. The van der Waals surface area contributed by atoms with Crippen LogP contribution in [0, 0.1) is 0 Å². The predicted octanol–water partition coefficient (Wildman–Crippen LogP) is 1.58. The van der Waals surface area contributed by atoms with Crippen LogP contribution in [0.3, 0.4) is 0 Å². The fourth-order valence-electron chi connectivity index (χ4n) is 2.66. The second-order valence-corrected chi connectivity index (χ2v) is 5.69. The molecule has 1 aromatic carbocycles. The molecule has 0 radical (unpaired) electrons. The first kappa shape index (κ1) is 16.7. The maximum absolute atomic E-state index is 11.8. The third-order valence-corrected chi connectivity index (χ3v) is 3.95. The molecule has 3 N–H and O–H groups in total. The lowest BCUT2D eigenvalue weighted by atomic mass is 10.1. The van der Waals surface area contributed by atoms with Crippen molar-refractivity contribution >= 4 is 22.7 Å². The van der Waals surface area contributed by atoms with Gasteiger partial charge >= 0.3 is 11.8 Å². The molecule has 0 bridgehead atoms. The van der Waals surface area contributed by atoms with Crippen LogP contribution < -0.4 is 10.6 Å². The van der Waals surface area contributed by atoms with Crippen LogP contribution >= 0.6 is 0 Å². The zero-order valence-electron chi connectivity index (χ0n) is 13.8. The van der Waals surface area contributed by atoms with E-state index in [9.17, 15) is 9.59 Å². The lowest BCUT2D eigenvalue weighted by Crippen LogP contribution is -2.41. The Kier molecular flexibility index (Phi) is 5.41. The summed E-state index contributed by atoms with van der Waals surface area (Å²) in [5, 5.41) is 6.40. The van der Waals surface area contributed by atoms with E-state index in [4.69, 9.17) is 0 Å². The van der Waals surface area contributed by atoms with E-state index in [2.05, 4.69) is 20.6 Å². The van der Waals surface area contributed by atoms with Crippen LogP contribution in [0.4, 0.5) is 0 Å². The predicted molar refractivity (Wildman–Crippen MR) is 96.0 cm³/mol. The number of para-hydroxylation sites is 1. The highest BCUT2D eigenvalue weighted by Gasteiger charge is 2.12. The number of carbonyl (C=O) groups is 2. The van der Waals surface area contributed by atoms with E-state index in [-0.39, 0.29) is 0 Å². The summed E-state index contributed by atoms with van der Waals surface area (Å²) in [7, 11) is 0. The van der Waals surface area contributed by atoms with Gasteiger partial charge in [-0.3, -0.25) is 14.6 Å².